The maximum Gasteiger partial charge on any atom is 0.157 e. The van der Waals surface area contributed by atoms with E-state index >= 15 is 0 Å². The lowest BCUT2D eigenvalue weighted by atomic mass is 9.95. The normalized spacial score (nSPS) is 12.5. The van der Waals surface area contributed by atoms with Crippen molar-refractivity contribution in [2.45, 2.75) is 66.7 Å². The maximum absolute atomic E-state index is 11.0. The molecule has 0 bridgehead atoms. The van der Waals surface area contributed by atoms with Gasteiger partial charge in [0.05, 0.1) is 0 Å². The van der Waals surface area contributed by atoms with Gasteiger partial charge in [-0.25, -0.2) is 0 Å². The fourth-order valence-corrected chi connectivity index (χ4v) is 3.66. The van der Waals surface area contributed by atoms with Crippen molar-refractivity contribution in [2.24, 2.45) is 11.8 Å². The predicted octanol–water partition coefficient (Wildman–Crippen LogP) is 7.57. The van der Waals surface area contributed by atoms with Gasteiger partial charge >= 0.3 is 0 Å². The first kappa shape index (κ1) is 27.3. The summed E-state index contributed by atoms with van der Waals surface area (Å²) >= 11 is 0. The Kier molecular flexibility index (Phi) is 12.2. The monoisotopic (exact) mass is 432 g/mol. The van der Waals surface area contributed by atoms with Gasteiger partial charge in [-0.15, -0.1) is 6.58 Å². The first-order valence-corrected chi connectivity index (χ1v) is 11.8. The molecule has 172 valence electrons. The lowest BCUT2D eigenvalue weighted by Crippen LogP contribution is -2.04. The predicted molar refractivity (Wildman–Crippen MR) is 138 cm³/mol. The topological polar surface area (TPSA) is 34.1 Å². The minimum atomic E-state index is 0.146. The minimum absolute atomic E-state index is 0.146. The standard InChI is InChI=1S/C20H22O.C7H12O.C3H6/c1-3-14-5-7-19-17(10-14)12-18-11-16(6-8-20(18)19)9-15(4-2)13-21;1-4-6(3)7(8)5-2;1-3-2/h5-8,10-11,13,15H,3-4,9,12H2,1-2H3;5-6H,2,4H2,1,3H3;3H,1H2,2H3. The van der Waals surface area contributed by atoms with Crippen molar-refractivity contribution in [1.82, 2.24) is 0 Å². The summed E-state index contributed by atoms with van der Waals surface area (Å²) in [6.07, 6.45) is 9.04. The molecule has 0 amide bonds. The molecule has 32 heavy (non-hydrogen) atoms. The van der Waals surface area contributed by atoms with Gasteiger partial charge in [0.15, 0.2) is 5.78 Å². The van der Waals surface area contributed by atoms with E-state index in [1.807, 2.05) is 20.8 Å². The number of allylic oxidation sites excluding steroid dienone is 2. The second-order valence-electron chi connectivity index (χ2n) is 8.35. The van der Waals surface area contributed by atoms with Crippen LogP contribution in [0.3, 0.4) is 0 Å². The summed E-state index contributed by atoms with van der Waals surface area (Å²) in [4.78, 5) is 21.6. The molecule has 2 heteroatoms. The van der Waals surface area contributed by atoms with Crippen molar-refractivity contribution in [2.75, 3.05) is 0 Å². The Morgan fingerprint density at radius 2 is 1.50 bits per heavy atom. The third kappa shape index (κ3) is 7.75. The molecule has 0 fully saturated rings. The number of carbonyl (C=O) groups is 2. The van der Waals surface area contributed by atoms with E-state index in [1.54, 1.807) is 6.08 Å². The zero-order chi connectivity index (χ0) is 24.1. The van der Waals surface area contributed by atoms with Crippen LogP contribution in [0.4, 0.5) is 0 Å². The van der Waals surface area contributed by atoms with Crippen molar-refractivity contribution >= 4 is 12.1 Å². The van der Waals surface area contributed by atoms with Crippen molar-refractivity contribution in [3.8, 4) is 11.1 Å². The molecule has 2 aromatic carbocycles. The van der Waals surface area contributed by atoms with Gasteiger partial charge in [0, 0.05) is 11.8 Å². The Bertz CT molecular complexity index is 907. The smallest absolute Gasteiger partial charge is 0.157 e. The number of hydrogen-bond acceptors (Lipinski definition) is 2. The number of aldehydes is 1. The summed E-state index contributed by atoms with van der Waals surface area (Å²) in [6.45, 7) is 16.8. The van der Waals surface area contributed by atoms with Gasteiger partial charge in [-0.1, -0.05) is 76.7 Å². The Labute approximate surface area is 195 Å². The van der Waals surface area contributed by atoms with E-state index in [9.17, 15) is 9.59 Å². The van der Waals surface area contributed by atoms with Crippen molar-refractivity contribution in [3.05, 3.63) is 84.0 Å². The van der Waals surface area contributed by atoms with Crippen LogP contribution in [-0.4, -0.2) is 12.1 Å². The molecule has 2 aromatic rings. The molecule has 0 heterocycles. The molecule has 0 saturated carbocycles. The van der Waals surface area contributed by atoms with E-state index in [0.29, 0.717) is 0 Å². The van der Waals surface area contributed by atoms with Crippen LogP contribution in [0.2, 0.25) is 0 Å². The van der Waals surface area contributed by atoms with Gasteiger partial charge in [-0.3, -0.25) is 4.79 Å². The molecule has 0 aromatic heterocycles. The van der Waals surface area contributed by atoms with E-state index in [0.717, 1.165) is 38.4 Å². The highest BCUT2D eigenvalue weighted by molar-refractivity contribution is 5.90. The zero-order valence-electron chi connectivity index (χ0n) is 20.6. The molecule has 0 N–H and O–H groups in total. The van der Waals surface area contributed by atoms with Gasteiger partial charge in [-0.2, -0.15) is 0 Å². The molecule has 1 aliphatic carbocycles. The second kappa shape index (κ2) is 14.3. The molecule has 0 saturated heterocycles. The Hall–Kier alpha value is -2.74. The quantitative estimate of drug-likeness (QED) is 0.209. The number of aryl methyl sites for hydroxylation is 1. The number of carbonyl (C=O) groups excluding carboxylic acids is 2. The molecule has 2 unspecified atom stereocenters. The summed E-state index contributed by atoms with van der Waals surface area (Å²) in [7, 11) is 0. The van der Waals surface area contributed by atoms with Crippen molar-refractivity contribution < 1.29 is 9.59 Å². The van der Waals surface area contributed by atoms with Crippen molar-refractivity contribution in [3.63, 3.8) is 0 Å². The first-order valence-electron chi connectivity index (χ1n) is 11.8. The van der Waals surface area contributed by atoms with Crippen molar-refractivity contribution in [1.29, 1.82) is 0 Å². The molecule has 0 aliphatic heterocycles. The molecule has 2 atom stereocenters. The van der Waals surface area contributed by atoms with E-state index in [2.05, 4.69) is 63.4 Å². The second-order valence-corrected chi connectivity index (χ2v) is 8.35. The van der Waals surface area contributed by atoms with Crippen LogP contribution in [0.25, 0.3) is 11.1 Å². The number of fused-ring (bicyclic) bond motifs is 3. The van der Waals surface area contributed by atoms with Gasteiger partial charge < -0.3 is 4.79 Å². The number of hydrogen-bond donors (Lipinski definition) is 0. The van der Waals surface area contributed by atoms with Gasteiger partial charge in [-0.05, 0) is 78.5 Å². The molecule has 0 spiro atoms. The SMILES string of the molecule is C=CC.C=CC(=O)C(C)CC.CCc1ccc2c(c1)Cc1cc(CC(C=O)CC)ccc1-2. The highest BCUT2D eigenvalue weighted by Gasteiger charge is 2.19. The van der Waals surface area contributed by atoms with Crippen LogP contribution in [0.15, 0.2) is 61.7 Å². The van der Waals surface area contributed by atoms with E-state index in [4.69, 9.17) is 0 Å². The van der Waals surface area contributed by atoms with Crippen LogP contribution in [0, 0.1) is 11.8 Å². The minimum Gasteiger partial charge on any atom is -0.303 e. The number of rotatable bonds is 8. The molecular weight excluding hydrogens is 392 g/mol. The Balaban J connectivity index is 0.000000392. The Morgan fingerprint density at radius 1 is 0.969 bits per heavy atom. The summed E-state index contributed by atoms with van der Waals surface area (Å²) in [6, 6.07) is 13.6. The van der Waals surface area contributed by atoms with Crippen LogP contribution in [0.5, 0.6) is 0 Å². The van der Waals surface area contributed by atoms with E-state index in [-0.39, 0.29) is 17.6 Å². The number of benzene rings is 2. The summed E-state index contributed by atoms with van der Waals surface area (Å²) < 4.78 is 0. The summed E-state index contributed by atoms with van der Waals surface area (Å²) in [5.41, 5.74) is 8.32. The number of ketones is 1. The third-order valence-corrected chi connectivity index (χ3v) is 5.93. The zero-order valence-corrected chi connectivity index (χ0v) is 20.6. The lowest BCUT2D eigenvalue weighted by molar-refractivity contribution is -0.117. The molecule has 1 aliphatic rings. The summed E-state index contributed by atoms with van der Waals surface area (Å²) in [5.74, 6) is 0.457. The highest BCUT2D eigenvalue weighted by Crippen LogP contribution is 2.37. The van der Waals surface area contributed by atoms with Crippen LogP contribution >= 0.6 is 0 Å². The maximum atomic E-state index is 11.0. The van der Waals surface area contributed by atoms with Crippen LogP contribution < -0.4 is 0 Å². The highest BCUT2D eigenvalue weighted by atomic mass is 16.1. The first-order chi connectivity index (χ1) is 15.4. The summed E-state index contributed by atoms with van der Waals surface area (Å²) in [5, 5.41) is 0. The Morgan fingerprint density at radius 3 is 1.91 bits per heavy atom. The fraction of sp³-hybridized carbons (Fsp3) is 0.400. The van der Waals surface area contributed by atoms with Crippen LogP contribution in [0.1, 0.15) is 69.7 Å². The average molecular weight is 433 g/mol. The largest absolute Gasteiger partial charge is 0.303 e. The molecule has 2 nitrogen and oxygen atoms in total. The lowest BCUT2D eigenvalue weighted by Gasteiger charge is -2.09. The third-order valence-electron chi connectivity index (χ3n) is 5.93. The van der Waals surface area contributed by atoms with Gasteiger partial charge in [0.25, 0.3) is 0 Å². The molecule has 3 rings (SSSR count). The van der Waals surface area contributed by atoms with Gasteiger partial charge in [0.1, 0.15) is 6.29 Å². The fourth-order valence-electron chi connectivity index (χ4n) is 3.66. The van der Waals surface area contributed by atoms with E-state index in [1.165, 1.54) is 39.5 Å². The van der Waals surface area contributed by atoms with E-state index < -0.39 is 0 Å². The van der Waals surface area contributed by atoms with Gasteiger partial charge in [0.2, 0.25) is 0 Å². The average Bonchev–Trinajstić information content (AvgIpc) is 3.19. The van der Waals surface area contributed by atoms with Crippen LogP contribution in [-0.2, 0) is 28.9 Å². The molecular formula is C30H40O2. The molecule has 0 radical (unpaired) electrons.